The van der Waals surface area contributed by atoms with E-state index < -0.39 is 17.8 Å². The van der Waals surface area contributed by atoms with Gasteiger partial charge in [0.1, 0.15) is 11.4 Å². The van der Waals surface area contributed by atoms with Crippen molar-refractivity contribution in [3.05, 3.63) is 35.1 Å². The molecule has 6 nitrogen and oxygen atoms in total. The fourth-order valence-electron chi connectivity index (χ4n) is 4.09. The SMILES string of the molecule is CC(C)(C)OC(=O)N[C@@H]1c2ccc(F)cc2CC12CCN(C(=O)O)CC2. The smallest absolute Gasteiger partial charge is 0.408 e. The lowest BCUT2D eigenvalue weighted by Gasteiger charge is -2.42. The van der Waals surface area contributed by atoms with Crippen LogP contribution in [-0.2, 0) is 11.2 Å². The third kappa shape index (κ3) is 3.61. The number of alkyl carbamates (subject to hydrolysis) is 1. The van der Waals surface area contributed by atoms with Gasteiger partial charge in [0, 0.05) is 18.5 Å². The predicted octanol–water partition coefficient (Wildman–Crippen LogP) is 3.71. The van der Waals surface area contributed by atoms with E-state index in [2.05, 4.69) is 5.32 Å². The van der Waals surface area contributed by atoms with Gasteiger partial charge < -0.3 is 20.1 Å². The second kappa shape index (κ2) is 6.45. The average Bonchev–Trinajstić information content (AvgIpc) is 2.78. The molecular weight excluding hydrogens is 339 g/mol. The molecule has 0 bridgehead atoms. The van der Waals surface area contributed by atoms with Crippen LogP contribution in [0.25, 0.3) is 0 Å². The first-order valence-corrected chi connectivity index (χ1v) is 8.85. The number of piperidine rings is 1. The summed E-state index contributed by atoms with van der Waals surface area (Å²) in [5, 5.41) is 12.2. The molecule has 1 aromatic carbocycles. The van der Waals surface area contributed by atoms with Crippen LogP contribution in [0.4, 0.5) is 14.0 Å². The number of hydrogen-bond acceptors (Lipinski definition) is 3. The largest absolute Gasteiger partial charge is 0.465 e. The third-order valence-corrected chi connectivity index (χ3v) is 5.26. The summed E-state index contributed by atoms with van der Waals surface area (Å²) >= 11 is 0. The number of nitrogens with one attached hydrogen (secondary N) is 1. The Hall–Kier alpha value is -2.31. The number of nitrogens with zero attached hydrogens (tertiary/aromatic N) is 1. The number of carboxylic acid groups (broad SMARTS) is 1. The lowest BCUT2D eigenvalue weighted by Crippen LogP contribution is -2.48. The van der Waals surface area contributed by atoms with Crippen LogP contribution in [0.15, 0.2) is 18.2 Å². The first kappa shape index (κ1) is 18.5. The van der Waals surface area contributed by atoms with Crippen molar-refractivity contribution in [2.24, 2.45) is 5.41 Å². The van der Waals surface area contributed by atoms with Crippen LogP contribution in [0.5, 0.6) is 0 Å². The van der Waals surface area contributed by atoms with Crippen molar-refractivity contribution < 1.29 is 23.8 Å². The molecule has 1 atom stereocenters. The Labute approximate surface area is 152 Å². The zero-order valence-corrected chi connectivity index (χ0v) is 15.3. The van der Waals surface area contributed by atoms with Crippen molar-refractivity contribution in [1.29, 1.82) is 0 Å². The highest BCUT2D eigenvalue weighted by atomic mass is 19.1. The fourth-order valence-corrected chi connectivity index (χ4v) is 4.09. The Kier molecular flexibility index (Phi) is 4.58. The lowest BCUT2D eigenvalue weighted by atomic mass is 9.73. The van der Waals surface area contributed by atoms with Crippen LogP contribution in [-0.4, -0.2) is 40.9 Å². The van der Waals surface area contributed by atoms with E-state index in [1.165, 1.54) is 17.0 Å². The Morgan fingerprint density at radius 3 is 2.54 bits per heavy atom. The van der Waals surface area contributed by atoms with Gasteiger partial charge in [-0.25, -0.2) is 14.0 Å². The summed E-state index contributed by atoms with van der Waals surface area (Å²) in [4.78, 5) is 25.0. The van der Waals surface area contributed by atoms with E-state index in [0.717, 1.165) is 11.1 Å². The molecule has 2 amide bonds. The standard InChI is InChI=1S/C19H25FN2O4/c1-18(2,3)26-16(23)21-15-14-5-4-13(20)10-12(14)11-19(15)6-8-22(9-7-19)17(24)25/h4-5,10,15H,6-9,11H2,1-3H3,(H,21,23)(H,24,25)/t15-/m1/s1. The number of fused-ring (bicyclic) bond motifs is 1. The molecule has 2 N–H and O–H groups in total. The Morgan fingerprint density at radius 1 is 1.31 bits per heavy atom. The maximum Gasteiger partial charge on any atom is 0.408 e. The topological polar surface area (TPSA) is 78.9 Å². The van der Waals surface area contributed by atoms with Crippen molar-refractivity contribution in [2.75, 3.05) is 13.1 Å². The minimum Gasteiger partial charge on any atom is -0.465 e. The van der Waals surface area contributed by atoms with Gasteiger partial charge in [-0.05, 0) is 63.3 Å². The molecule has 1 aromatic rings. The Bertz CT molecular complexity index is 721. The molecule has 142 valence electrons. The number of amides is 2. The van der Waals surface area contributed by atoms with E-state index >= 15 is 0 Å². The molecule has 3 rings (SSSR count). The highest BCUT2D eigenvalue weighted by Gasteiger charge is 2.49. The third-order valence-electron chi connectivity index (χ3n) is 5.26. The van der Waals surface area contributed by atoms with Gasteiger partial charge in [-0.1, -0.05) is 6.07 Å². The molecule has 1 fully saturated rings. The van der Waals surface area contributed by atoms with Crippen LogP contribution < -0.4 is 5.32 Å². The molecular formula is C19H25FN2O4. The van der Waals surface area contributed by atoms with Crippen LogP contribution in [0.2, 0.25) is 0 Å². The predicted molar refractivity (Wildman–Crippen MR) is 93.5 cm³/mol. The summed E-state index contributed by atoms with van der Waals surface area (Å²) in [7, 11) is 0. The van der Waals surface area contributed by atoms with E-state index in [4.69, 9.17) is 4.74 Å². The molecule has 7 heteroatoms. The molecule has 26 heavy (non-hydrogen) atoms. The summed E-state index contributed by atoms with van der Waals surface area (Å²) in [6, 6.07) is 4.31. The first-order chi connectivity index (χ1) is 12.1. The van der Waals surface area contributed by atoms with Gasteiger partial charge in [0.25, 0.3) is 0 Å². The van der Waals surface area contributed by atoms with Crippen molar-refractivity contribution in [3.8, 4) is 0 Å². The van der Waals surface area contributed by atoms with Crippen molar-refractivity contribution in [3.63, 3.8) is 0 Å². The van der Waals surface area contributed by atoms with E-state index in [9.17, 15) is 19.1 Å². The van der Waals surface area contributed by atoms with Crippen LogP contribution >= 0.6 is 0 Å². The molecule has 2 aliphatic rings. The Balaban J connectivity index is 1.86. The highest BCUT2D eigenvalue weighted by Crippen LogP contribution is 2.52. The van der Waals surface area contributed by atoms with E-state index in [1.54, 1.807) is 26.8 Å². The first-order valence-electron chi connectivity index (χ1n) is 8.85. The molecule has 1 spiro atoms. The molecule has 1 aliphatic carbocycles. The van der Waals surface area contributed by atoms with E-state index in [-0.39, 0.29) is 17.3 Å². The van der Waals surface area contributed by atoms with Crippen molar-refractivity contribution >= 4 is 12.2 Å². The molecule has 0 unspecified atom stereocenters. The van der Waals surface area contributed by atoms with Crippen LogP contribution in [0.3, 0.4) is 0 Å². The van der Waals surface area contributed by atoms with Gasteiger partial charge >= 0.3 is 12.2 Å². The maximum absolute atomic E-state index is 13.7. The van der Waals surface area contributed by atoms with Gasteiger partial charge in [-0.3, -0.25) is 0 Å². The zero-order valence-electron chi connectivity index (χ0n) is 15.3. The maximum atomic E-state index is 13.7. The summed E-state index contributed by atoms with van der Waals surface area (Å²) in [5.41, 5.74) is 0.823. The minimum absolute atomic E-state index is 0.306. The van der Waals surface area contributed by atoms with E-state index in [1.807, 2.05) is 0 Å². The number of likely N-dealkylation sites (tertiary alicyclic amines) is 1. The number of benzene rings is 1. The number of halogens is 1. The number of carbonyl (C=O) groups excluding carboxylic acids is 1. The van der Waals surface area contributed by atoms with Gasteiger partial charge in [0.05, 0.1) is 6.04 Å². The number of rotatable bonds is 1. The summed E-state index contributed by atoms with van der Waals surface area (Å²) in [6.45, 7) is 6.19. The lowest BCUT2D eigenvalue weighted by molar-refractivity contribution is 0.0350. The second-order valence-electron chi connectivity index (χ2n) is 8.23. The molecule has 0 radical (unpaired) electrons. The molecule has 1 aliphatic heterocycles. The van der Waals surface area contributed by atoms with Crippen LogP contribution in [0.1, 0.15) is 50.8 Å². The molecule has 0 saturated carbocycles. The van der Waals surface area contributed by atoms with Gasteiger partial charge in [-0.15, -0.1) is 0 Å². The highest BCUT2D eigenvalue weighted by molar-refractivity contribution is 5.69. The minimum atomic E-state index is -0.932. The van der Waals surface area contributed by atoms with Gasteiger partial charge in [0.15, 0.2) is 0 Å². The van der Waals surface area contributed by atoms with Crippen molar-refractivity contribution in [2.45, 2.75) is 51.7 Å². The molecule has 0 aromatic heterocycles. The van der Waals surface area contributed by atoms with Crippen molar-refractivity contribution in [1.82, 2.24) is 10.2 Å². The summed E-state index contributed by atoms with van der Waals surface area (Å²) in [6.07, 6.45) is 0.387. The summed E-state index contributed by atoms with van der Waals surface area (Å²) in [5.74, 6) is -0.306. The quantitative estimate of drug-likeness (QED) is 0.796. The monoisotopic (exact) mass is 364 g/mol. The Morgan fingerprint density at radius 2 is 1.96 bits per heavy atom. The summed E-state index contributed by atoms with van der Waals surface area (Å²) < 4.78 is 19.1. The van der Waals surface area contributed by atoms with E-state index in [0.29, 0.717) is 32.4 Å². The second-order valence-corrected chi connectivity index (χ2v) is 8.23. The van der Waals surface area contributed by atoms with Gasteiger partial charge in [0.2, 0.25) is 0 Å². The molecule has 1 heterocycles. The number of hydrogen-bond donors (Lipinski definition) is 2. The number of carbonyl (C=O) groups is 2. The average molecular weight is 364 g/mol. The van der Waals surface area contributed by atoms with Gasteiger partial charge in [-0.2, -0.15) is 0 Å². The fraction of sp³-hybridized carbons (Fsp3) is 0.579. The molecule has 1 saturated heterocycles. The normalized spacial score (nSPS) is 21.4. The zero-order chi connectivity index (χ0) is 19.1. The van der Waals surface area contributed by atoms with Crippen LogP contribution in [0, 0.1) is 11.2 Å². The number of ether oxygens (including phenoxy) is 1.